The zero-order valence-corrected chi connectivity index (χ0v) is 9.15. The minimum Gasteiger partial charge on any atom is -0.491 e. The van der Waals surface area contributed by atoms with Crippen molar-refractivity contribution in [1.29, 1.82) is 0 Å². The van der Waals surface area contributed by atoms with Crippen LogP contribution in [0.4, 0.5) is 0 Å². The Hall–Kier alpha value is -1.02. The molecule has 2 rings (SSSR count). The average molecular weight is 206 g/mol. The van der Waals surface area contributed by atoms with Crippen molar-refractivity contribution in [2.45, 2.75) is 25.7 Å². The van der Waals surface area contributed by atoms with E-state index in [1.165, 1.54) is 18.4 Å². The lowest BCUT2D eigenvalue weighted by atomic mass is 10.1. The van der Waals surface area contributed by atoms with Crippen molar-refractivity contribution in [2.24, 2.45) is 5.92 Å². The molecule has 0 heterocycles. The van der Waals surface area contributed by atoms with Gasteiger partial charge in [0, 0.05) is 0 Å². The molecule has 0 saturated heterocycles. The normalized spacial score (nSPS) is 23.9. The highest BCUT2D eigenvalue weighted by Gasteiger charge is 2.38. The summed E-state index contributed by atoms with van der Waals surface area (Å²) < 4.78 is 5.53. The zero-order chi connectivity index (χ0) is 10.7. The smallest absolute Gasteiger partial charge is 0.122 e. The molecule has 1 fully saturated rings. The molecule has 0 radical (unpaired) electrons. The SMILES string of the molecule is CC[C@H]1C[C@@H]1c1ccccc1OCCO. The molecule has 82 valence electrons. The third-order valence-corrected chi connectivity index (χ3v) is 3.11. The Morgan fingerprint density at radius 2 is 2.20 bits per heavy atom. The summed E-state index contributed by atoms with van der Waals surface area (Å²) in [5.41, 5.74) is 1.32. The van der Waals surface area contributed by atoms with E-state index in [2.05, 4.69) is 19.1 Å². The van der Waals surface area contributed by atoms with Crippen LogP contribution < -0.4 is 4.74 Å². The molecular weight excluding hydrogens is 188 g/mol. The molecule has 1 saturated carbocycles. The summed E-state index contributed by atoms with van der Waals surface area (Å²) in [5, 5.41) is 8.75. The molecule has 1 aromatic carbocycles. The largest absolute Gasteiger partial charge is 0.491 e. The van der Waals surface area contributed by atoms with Crippen LogP contribution in [0, 0.1) is 5.92 Å². The van der Waals surface area contributed by atoms with Crippen molar-refractivity contribution in [1.82, 2.24) is 0 Å². The molecule has 0 unspecified atom stereocenters. The van der Waals surface area contributed by atoms with Crippen LogP contribution in [0.5, 0.6) is 5.75 Å². The molecule has 0 amide bonds. The lowest BCUT2D eigenvalue weighted by Gasteiger charge is -2.09. The van der Waals surface area contributed by atoms with Gasteiger partial charge >= 0.3 is 0 Å². The minimum atomic E-state index is 0.0796. The number of benzene rings is 1. The Labute approximate surface area is 90.9 Å². The molecule has 1 aromatic rings. The summed E-state index contributed by atoms with van der Waals surface area (Å²) >= 11 is 0. The molecule has 2 atom stereocenters. The van der Waals surface area contributed by atoms with E-state index in [4.69, 9.17) is 9.84 Å². The highest BCUT2D eigenvalue weighted by Crippen LogP contribution is 2.51. The van der Waals surface area contributed by atoms with E-state index in [1.807, 2.05) is 12.1 Å². The predicted octanol–water partition coefficient (Wildman–Crippen LogP) is 2.57. The van der Waals surface area contributed by atoms with E-state index >= 15 is 0 Å². The summed E-state index contributed by atoms with van der Waals surface area (Å²) in [7, 11) is 0. The van der Waals surface area contributed by atoms with Gasteiger partial charge in [0.15, 0.2) is 0 Å². The van der Waals surface area contributed by atoms with Gasteiger partial charge in [-0.3, -0.25) is 0 Å². The first-order valence-electron chi connectivity index (χ1n) is 5.69. The lowest BCUT2D eigenvalue weighted by Crippen LogP contribution is -2.03. The fourth-order valence-corrected chi connectivity index (χ4v) is 2.15. The second-order valence-corrected chi connectivity index (χ2v) is 4.12. The molecule has 15 heavy (non-hydrogen) atoms. The molecule has 1 aliphatic carbocycles. The van der Waals surface area contributed by atoms with Crippen LogP contribution in [0.3, 0.4) is 0 Å². The van der Waals surface area contributed by atoms with Gasteiger partial charge in [-0.15, -0.1) is 0 Å². The molecule has 0 aliphatic heterocycles. The van der Waals surface area contributed by atoms with E-state index in [0.29, 0.717) is 12.5 Å². The van der Waals surface area contributed by atoms with Crippen LogP contribution >= 0.6 is 0 Å². The van der Waals surface area contributed by atoms with Crippen LogP contribution in [-0.2, 0) is 0 Å². The second kappa shape index (κ2) is 4.67. The summed E-state index contributed by atoms with van der Waals surface area (Å²) in [6.07, 6.45) is 2.54. The third kappa shape index (κ3) is 2.32. The van der Waals surface area contributed by atoms with Gasteiger partial charge in [0.05, 0.1) is 6.61 Å². The standard InChI is InChI=1S/C13H18O2/c1-2-10-9-12(10)11-5-3-4-6-13(11)15-8-7-14/h3-6,10,12,14H,2,7-9H2,1H3/t10-,12-/m0/s1. The van der Waals surface area contributed by atoms with Gasteiger partial charge in [0.1, 0.15) is 12.4 Å². The third-order valence-electron chi connectivity index (χ3n) is 3.11. The minimum absolute atomic E-state index is 0.0796. The van der Waals surface area contributed by atoms with Crippen LogP contribution in [0.2, 0.25) is 0 Å². The summed E-state index contributed by atoms with van der Waals surface area (Å²) in [4.78, 5) is 0. The second-order valence-electron chi connectivity index (χ2n) is 4.12. The monoisotopic (exact) mass is 206 g/mol. The lowest BCUT2D eigenvalue weighted by molar-refractivity contribution is 0.200. The van der Waals surface area contributed by atoms with Crippen molar-refractivity contribution in [3.05, 3.63) is 29.8 Å². The van der Waals surface area contributed by atoms with E-state index < -0.39 is 0 Å². The number of aliphatic hydroxyl groups excluding tert-OH is 1. The fourth-order valence-electron chi connectivity index (χ4n) is 2.15. The van der Waals surface area contributed by atoms with Crippen LogP contribution in [-0.4, -0.2) is 18.3 Å². The zero-order valence-electron chi connectivity index (χ0n) is 9.15. The first kappa shape index (κ1) is 10.5. The summed E-state index contributed by atoms with van der Waals surface area (Å²) in [5.74, 6) is 2.47. The fraction of sp³-hybridized carbons (Fsp3) is 0.538. The number of aliphatic hydroxyl groups is 1. The van der Waals surface area contributed by atoms with E-state index in [1.54, 1.807) is 0 Å². The Bertz CT molecular complexity index is 322. The van der Waals surface area contributed by atoms with Gasteiger partial charge in [0.25, 0.3) is 0 Å². The maximum absolute atomic E-state index is 8.75. The molecule has 0 aromatic heterocycles. The first-order chi connectivity index (χ1) is 7.36. The maximum Gasteiger partial charge on any atom is 0.122 e. The molecule has 2 nitrogen and oxygen atoms in total. The topological polar surface area (TPSA) is 29.5 Å². The summed E-state index contributed by atoms with van der Waals surface area (Å²) in [6.45, 7) is 2.71. The number of hydrogen-bond donors (Lipinski definition) is 1. The maximum atomic E-state index is 8.75. The van der Waals surface area contributed by atoms with Crippen molar-refractivity contribution < 1.29 is 9.84 Å². The Balaban J connectivity index is 2.09. The molecule has 0 spiro atoms. The molecular formula is C13H18O2. The number of ether oxygens (including phenoxy) is 1. The van der Waals surface area contributed by atoms with Crippen LogP contribution in [0.1, 0.15) is 31.2 Å². The van der Waals surface area contributed by atoms with Gasteiger partial charge < -0.3 is 9.84 Å². The van der Waals surface area contributed by atoms with Gasteiger partial charge in [-0.25, -0.2) is 0 Å². The Morgan fingerprint density at radius 1 is 1.40 bits per heavy atom. The highest BCUT2D eigenvalue weighted by atomic mass is 16.5. The first-order valence-corrected chi connectivity index (χ1v) is 5.69. The van der Waals surface area contributed by atoms with Gasteiger partial charge in [-0.05, 0) is 29.9 Å². The van der Waals surface area contributed by atoms with Gasteiger partial charge in [0.2, 0.25) is 0 Å². The summed E-state index contributed by atoms with van der Waals surface area (Å²) in [6, 6.07) is 8.19. The molecule has 1 N–H and O–H groups in total. The predicted molar refractivity (Wildman–Crippen MR) is 60.2 cm³/mol. The van der Waals surface area contributed by atoms with Gasteiger partial charge in [-0.1, -0.05) is 31.5 Å². The van der Waals surface area contributed by atoms with Crippen molar-refractivity contribution >= 4 is 0 Å². The Kier molecular flexibility index (Phi) is 3.27. The van der Waals surface area contributed by atoms with Crippen molar-refractivity contribution in [3.63, 3.8) is 0 Å². The number of hydrogen-bond acceptors (Lipinski definition) is 2. The van der Waals surface area contributed by atoms with E-state index in [-0.39, 0.29) is 6.61 Å². The van der Waals surface area contributed by atoms with Gasteiger partial charge in [-0.2, -0.15) is 0 Å². The quantitative estimate of drug-likeness (QED) is 0.802. The number of para-hydroxylation sites is 1. The number of rotatable bonds is 5. The van der Waals surface area contributed by atoms with Crippen molar-refractivity contribution in [3.8, 4) is 5.75 Å². The van der Waals surface area contributed by atoms with Crippen LogP contribution in [0.15, 0.2) is 24.3 Å². The van der Waals surface area contributed by atoms with E-state index in [9.17, 15) is 0 Å². The van der Waals surface area contributed by atoms with Crippen LogP contribution in [0.25, 0.3) is 0 Å². The Morgan fingerprint density at radius 3 is 2.87 bits per heavy atom. The molecule has 0 bridgehead atoms. The van der Waals surface area contributed by atoms with E-state index in [0.717, 1.165) is 11.7 Å². The highest BCUT2D eigenvalue weighted by molar-refractivity contribution is 5.39. The molecule has 1 aliphatic rings. The molecule has 2 heteroatoms. The van der Waals surface area contributed by atoms with Crippen molar-refractivity contribution in [2.75, 3.05) is 13.2 Å². The average Bonchev–Trinajstić information content (AvgIpc) is 3.06.